The minimum Gasteiger partial charge on any atom is -0.481 e. The largest absolute Gasteiger partial charge is 0.481 e. The summed E-state index contributed by atoms with van der Waals surface area (Å²) in [5.74, 6) is -2.57. The summed E-state index contributed by atoms with van der Waals surface area (Å²) in [6, 6.07) is 2.96. The lowest BCUT2D eigenvalue weighted by Gasteiger charge is -2.42. The molecule has 1 aromatic carbocycles. The lowest BCUT2D eigenvalue weighted by Crippen LogP contribution is -2.48. The number of carboxylic acids is 1. The molecule has 1 aliphatic heterocycles. The molecule has 21 heavy (non-hydrogen) atoms. The van der Waals surface area contributed by atoms with Crippen molar-refractivity contribution >= 4 is 23.5 Å². The number of carbonyl (C=O) groups excluding carboxylic acids is 1. The van der Waals surface area contributed by atoms with Crippen LogP contribution in [0.5, 0.6) is 0 Å². The summed E-state index contributed by atoms with van der Waals surface area (Å²) in [6.07, 6.45) is 0.363. The van der Waals surface area contributed by atoms with Crippen molar-refractivity contribution in [2.45, 2.75) is 38.8 Å². The Kier molecular flexibility index (Phi) is 4.52. The van der Waals surface area contributed by atoms with Crippen molar-refractivity contribution in [3.63, 3.8) is 0 Å². The molecule has 0 radical (unpaired) electrons. The Morgan fingerprint density at radius 3 is 2.71 bits per heavy atom. The van der Waals surface area contributed by atoms with E-state index in [2.05, 4.69) is 0 Å². The number of aliphatic carboxylic acids is 1. The molecule has 1 amide bonds. The van der Waals surface area contributed by atoms with Crippen LogP contribution >= 0.6 is 11.6 Å². The van der Waals surface area contributed by atoms with Gasteiger partial charge in [0, 0.05) is 23.0 Å². The number of halogens is 2. The molecule has 0 bridgehead atoms. The number of likely N-dealkylation sites (tertiary alicyclic amines) is 1. The van der Waals surface area contributed by atoms with Gasteiger partial charge in [0.2, 0.25) is 5.91 Å². The van der Waals surface area contributed by atoms with Gasteiger partial charge in [-0.2, -0.15) is 0 Å². The van der Waals surface area contributed by atoms with Crippen LogP contribution in [-0.4, -0.2) is 27.9 Å². The van der Waals surface area contributed by atoms with E-state index in [-0.39, 0.29) is 30.4 Å². The van der Waals surface area contributed by atoms with E-state index in [1.807, 2.05) is 0 Å². The van der Waals surface area contributed by atoms with Crippen LogP contribution in [0.3, 0.4) is 0 Å². The molecule has 1 aromatic rings. The maximum Gasteiger partial charge on any atom is 0.308 e. The molecule has 1 N–H and O–H groups in total. The highest BCUT2D eigenvalue weighted by Crippen LogP contribution is 2.39. The fraction of sp³-hybridized carbons (Fsp3) is 0.467. The number of nitrogens with zero attached hydrogens (tertiary/aromatic N) is 1. The Bertz CT molecular complexity index is 576. The molecular weight excluding hydrogens is 297 g/mol. The molecule has 6 heteroatoms. The van der Waals surface area contributed by atoms with Gasteiger partial charge in [-0.05, 0) is 38.5 Å². The predicted octanol–water partition coefficient (Wildman–Crippen LogP) is 3.25. The van der Waals surface area contributed by atoms with Crippen LogP contribution in [0, 0.1) is 11.7 Å². The van der Waals surface area contributed by atoms with E-state index in [0.29, 0.717) is 5.02 Å². The molecule has 1 saturated heterocycles. The van der Waals surface area contributed by atoms with Crippen LogP contribution in [0.25, 0.3) is 0 Å². The molecule has 4 nitrogen and oxygen atoms in total. The number of benzene rings is 1. The van der Waals surface area contributed by atoms with Gasteiger partial charge >= 0.3 is 5.97 Å². The Hall–Kier alpha value is -1.62. The third-order valence-electron chi connectivity index (χ3n) is 3.79. The van der Waals surface area contributed by atoms with E-state index in [1.54, 1.807) is 13.8 Å². The van der Waals surface area contributed by atoms with Crippen molar-refractivity contribution in [2.24, 2.45) is 5.92 Å². The lowest BCUT2D eigenvalue weighted by atomic mass is 9.83. The van der Waals surface area contributed by atoms with Crippen LogP contribution < -0.4 is 0 Å². The van der Waals surface area contributed by atoms with E-state index in [1.165, 1.54) is 23.1 Å². The van der Waals surface area contributed by atoms with Gasteiger partial charge in [0.25, 0.3) is 0 Å². The standard InChI is InChI=1S/C15H17ClFNO3/c1-8(2)18-13(19)6-4-10(15(20)21)14(18)11-7-9(16)3-5-12(11)17/h3,5,7-8,10,14H,4,6H2,1-2H3,(H,20,21). The zero-order valence-corrected chi connectivity index (χ0v) is 12.6. The smallest absolute Gasteiger partial charge is 0.308 e. The first-order valence-electron chi connectivity index (χ1n) is 6.82. The van der Waals surface area contributed by atoms with Crippen LogP contribution in [0.4, 0.5) is 4.39 Å². The van der Waals surface area contributed by atoms with E-state index in [0.717, 1.165) is 0 Å². The third-order valence-corrected chi connectivity index (χ3v) is 4.02. The number of hydrogen-bond donors (Lipinski definition) is 1. The van der Waals surface area contributed by atoms with Gasteiger partial charge < -0.3 is 10.0 Å². The van der Waals surface area contributed by atoms with E-state index in [9.17, 15) is 19.1 Å². The number of carbonyl (C=O) groups is 2. The molecule has 0 saturated carbocycles. The SMILES string of the molecule is CC(C)N1C(=O)CCC(C(=O)O)C1c1cc(Cl)ccc1F. The summed E-state index contributed by atoms with van der Waals surface area (Å²) in [7, 11) is 0. The zero-order valence-electron chi connectivity index (χ0n) is 11.8. The minimum absolute atomic E-state index is 0.160. The molecule has 0 spiro atoms. The summed E-state index contributed by atoms with van der Waals surface area (Å²) in [4.78, 5) is 25.1. The van der Waals surface area contributed by atoms with Gasteiger partial charge in [-0.3, -0.25) is 9.59 Å². The first-order chi connectivity index (χ1) is 9.82. The number of rotatable bonds is 3. The van der Waals surface area contributed by atoms with Crippen LogP contribution in [0.15, 0.2) is 18.2 Å². The maximum absolute atomic E-state index is 14.2. The van der Waals surface area contributed by atoms with Crippen LogP contribution in [0.2, 0.25) is 5.02 Å². The Labute approximate surface area is 127 Å². The molecule has 1 heterocycles. The fourth-order valence-corrected chi connectivity index (χ4v) is 3.07. The highest BCUT2D eigenvalue weighted by atomic mass is 35.5. The molecular formula is C15H17ClFNO3. The van der Waals surface area contributed by atoms with Crippen LogP contribution in [-0.2, 0) is 9.59 Å². The third kappa shape index (κ3) is 3.02. The number of carboxylic acid groups (broad SMARTS) is 1. The summed E-state index contributed by atoms with van der Waals surface area (Å²) >= 11 is 5.91. The van der Waals surface area contributed by atoms with Crippen molar-refractivity contribution in [1.82, 2.24) is 4.90 Å². The van der Waals surface area contributed by atoms with Crippen molar-refractivity contribution in [1.29, 1.82) is 0 Å². The van der Waals surface area contributed by atoms with E-state index >= 15 is 0 Å². The van der Waals surface area contributed by atoms with E-state index < -0.39 is 23.7 Å². The fourth-order valence-electron chi connectivity index (χ4n) is 2.89. The number of piperidine rings is 1. The quantitative estimate of drug-likeness (QED) is 0.932. The van der Waals surface area contributed by atoms with E-state index in [4.69, 9.17) is 11.6 Å². The van der Waals surface area contributed by atoms with Gasteiger partial charge in [0.15, 0.2) is 0 Å². The Morgan fingerprint density at radius 1 is 1.48 bits per heavy atom. The summed E-state index contributed by atoms with van der Waals surface area (Å²) in [5.41, 5.74) is 0.164. The first-order valence-corrected chi connectivity index (χ1v) is 7.19. The monoisotopic (exact) mass is 313 g/mol. The second-order valence-corrected chi connectivity index (χ2v) is 5.93. The molecule has 2 rings (SSSR count). The minimum atomic E-state index is -1.03. The van der Waals surface area contributed by atoms with Gasteiger partial charge in [0.05, 0.1) is 12.0 Å². The second-order valence-electron chi connectivity index (χ2n) is 5.49. The molecule has 2 atom stereocenters. The molecule has 0 aromatic heterocycles. The molecule has 114 valence electrons. The molecule has 2 unspecified atom stereocenters. The van der Waals surface area contributed by atoms with Gasteiger partial charge in [-0.25, -0.2) is 4.39 Å². The van der Waals surface area contributed by atoms with Crippen molar-refractivity contribution < 1.29 is 19.1 Å². The van der Waals surface area contributed by atoms with Crippen molar-refractivity contribution in [3.05, 3.63) is 34.6 Å². The highest BCUT2D eigenvalue weighted by molar-refractivity contribution is 6.30. The van der Waals surface area contributed by atoms with Crippen molar-refractivity contribution in [3.8, 4) is 0 Å². The van der Waals surface area contributed by atoms with Gasteiger partial charge in [-0.1, -0.05) is 11.6 Å². The van der Waals surface area contributed by atoms with Crippen molar-refractivity contribution in [2.75, 3.05) is 0 Å². The number of amides is 1. The van der Waals surface area contributed by atoms with Gasteiger partial charge in [-0.15, -0.1) is 0 Å². The normalized spacial score (nSPS) is 22.7. The van der Waals surface area contributed by atoms with Crippen LogP contribution in [0.1, 0.15) is 38.3 Å². The van der Waals surface area contributed by atoms with Gasteiger partial charge in [0.1, 0.15) is 5.82 Å². The second kappa shape index (κ2) is 6.02. The topological polar surface area (TPSA) is 57.6 Å². The molecule has 1 fully saturated rings. The number of hydrogen-bond acceptors (Lipinski definition) is 2. The lowest BCUT2D eigenvalue weighted by molar-refractivity contribution is -0.153. The molecule has 0 aliphatic carbocycles. The molecule has 1 aliphatic rings. The zero-order chi connectivity index (χ0) is 15.7. The summed E-state index contributed by atoms with van der Waals surface area (Å²) in [5, 5.41) is 9.74. The average molecular weight is 314 g/mol. The Balaban J connectivity index is 2.56. The maximum atomic E-state index is 14.2. The summed E-state index contributed by atoms with van der Waals surface area (Å²) in [6.45, 7) is 3.58. The Morgan fingerprint density at radius 2 is 2.14 bits per heavy atom. The predicted molar refractivity (Wildman–Crippen MR) is 76.5 cm³/mol. The highest BCUT2D eigenvalue weighted by Gasteiger charge is 2.42. The summed E-state index contributed by atoms with van der Waals surface area (Å²) < 4.78 is 14.2. The average Bonchev–Trinajstić information content (AvgIpc) is 2.40. The first kappa shape index (κ1) is 15.8.